The highest BCUT2D eigenvalue weighted by atomic mass is 16.5. The molecule has 0 bridgehead atoms. The van der Waals surface area contributed by atoms with Crippen molar-refractivity contribution < 1.29 is 9.53 Å². The minimum Gasteiger partial charge on any atom is -0.373 e. The lowest BCUT2D eigenvalue weighted by molar-refractivity contribution is -0.125. The largest absolute Gasteiger partial charge is 0.373 e. The fraction of sp³-hybridized carbons (Fsp3) is 0.333. The topological polar surface area (TPSA) is 51.2 Å². The van der Waals surface area contributed by atoms with Crippen molar-refractivity contribution >= 4 is 5.91 Å². The first-order chi connectivity index (χ1) is 10.7. The van der Waals surface area contributed by atoms with Crippen molar-refractivity contribution in [3.63, 3.8) is 0 Å². The predicted molar refractivity (Wildman–Crippen MR) is 84.3 cm³/mol. The summed E-state index contributed by atoms with van der Waals surface area (Å²) in [7, 11) is 0. The third-order valence-electron chi connectivity index (χ3n) is 4.03. The smallest absolute Gasteiger partial charge is 0.223 e. The molecule has 2 atom stereocenters. The molecule has 0 saturated carbocycles. The molecule has 1 amide bonds. The Morgan fingerprint density at radius 1 is 1.36 bits per heavy atom. The number of carbonyl (C=O) groups excluding carboxylic acids is 1. The number of pyridine rings is 1. The Labute approximate surface area is 130 Å². The summed E-state index contributed by atoms with van der Waals surface area (Å²) in [6, 6.07) is 12.0. The monoisotopic (exact) mass is 296 g/mol. The Kier molecular flexibility index (Phi) is 4.49. The van der Waals surface area contributed by atoms with Crippen LogP contribution in [0.4, 0.5) is 0 Å². The minimum atomic E-state index is -0.147. The number of aromatic nitrogens is 1. The van der Waals surface area contributed by atoms with Crippen molar-refractivity contribution in [1.82, 2.24) is 10.3 Å². The molecular weight excluding hydrogens is 276 g/mol. The molecular formula is C18H20N2O2. The maximum atomic E-state index is 12.3. The van der Waals surface area contributed by atoms with E-state index >= 15 is 0 Å². The Morgan fingerprint density at radius 2 is 2.23 bits per heavy atom. The first kappa shape index (κ1) is 14.7. The quantitative estimate of drug-likeness (QED) is 0.943. The molecule has 1 aromatic carbocycles. The van der Waals surface area contributed by atoms with Crippen LogP contribution in [0.25, 0.3) is 0 Å². The second-order valence-electron chi connectivity index (χ2n) is 5.59. The van der Waals surface area contributed by atoms with Crippen LogP contribution < -0.4 is 5.32 Å². The fourth-order valence-corrected chi connectivity index (χ4v) is 2.83. The van der Waals surface area contributed by atoms with E-state index in [0.717, 1.165) is 17.5 Å². The first-order valence-corrected chi connectivity index (χ1v) is 7.62. The molecule has 4 heteroatoms. The second kappa shape index (κ2) is 6.71. The molecule has 2 aromatic rings. The van der Waals surface area contributed by atoms with Crippen molar-refractivity contribution in [3.05, 3.63) is 65.5 Å². The number of fused-ring (bicyclic) bond motifs is 1. The molecule has 1 N–H and O–H groups in total. The number of hydrogen-bond donors (Lipinski definition) is 1. The molecule has 1 aliphatic heterocycles. The van der Waals surface area contributed by atoms with Gasteiger partial charge in [0.1, 0.15) is 0 Å². The summed E-state index contributed by atoms with van der Waals surface area (Å²) in [6.07, 6.45) is 4.62. The second-order valence-corrected chi connectivity index (χ2v) is 5.59. The number of nitrogens with one attached hydrogen (secondary N) is 1. The lowest BCUT2D eigenvalue weighted by Gasteiger charge is -2.26. The van der Waals surface area contributed by atoms with Gasteiger partial charge in [-0.05, 0) is 36.1 Å². The predicted octanol–water partition coefficient (Wildman–Crippen LogP) is 2.96. The van der Waals surface area contributed by atoms with E-state index in [0.29, 0.717) is 13.0 Å². The van der Waals surface area contributed by atoms with Gasteiger partial charge in [-0.1, -0.05) is 30.3 Å². The van der Waals surface area contributed by atoms with Gasteiger partial charge in [0.25, 0.3) is 0 Å². The molecule has 22 heavy (non-hydrogen) atoms. The number of rotatable bonds is 4. The maximum Gasteiger partial charge on any atom is 0.223 e. The minimum absolute atomic E-state index is 0.00180. The van der Waals surface area contributed by atoms with Crippen LogP contribution in [0.3, 0.4) is 0 Å². The molecule has 0 saturated heterocycles. The van der Waals surface area contributed by atoms with E-state index in [2.05, 4.69) is 22.4 Å². The molecule has 2 heterocycles. The van der Waals surface area contributed by atoms with Crippen molar-refractivity contribution in [1.29, 1.82) is 0 Å². The molecule has 0 fully saturated rings. The van der Waals surface area contributed by atoms with Crippen LogP contribution in [0, 0.1) is 0 Å². The van der Waals surface area contributed by atoms with Gasteiger partial charge in [0.15, 0.2) is 0 Å². The summed E-state index contributed by atoms with van der Waals surface area (Å²) >= 11 is 0. The summed E-state index contributed by atoms with van der Waals surface area (Å²) in [4.78, 5) is 16.4. The van der Waals surface area contributed by atoms with Gasteiger partial charge in [0, 0.05) is 12.4 Å². The van der Waals surface area contributed by atoms with Crippen LogP contribution in [0.1, 0.15) is 42.2 Å². The summed E-state index contributed by atoms with van der Waals surface area (Å²) in [5.74, 6) is -0.00180. The van der Waals surface area contributed by atoms with Crippen LogP contribution in [0.15, 0.2) is 48.8 Å². The summed E-state index contributed by atoms with van der Waals surface area (Å²) in [5.41, 5.74) is 3.42. The third kappa shape index (κ3) is 3.34. The molecule has 0 unspecified atom stereocenters. The maximum absolute atomic E-state index is 12.3. The van der Waals surface area contributed by atoms with E-state index in [9.17, 15) is 4.79 Å². The Morgan fingerprint density at radius 3 is 3.05 bits per heavy atom. The SMILES string of the molecule is C[C@H](NC(=O)C[C@@H]1OCCc2ccccc21)c1cccnc1. The van der Waals surface area contributed by atoms with Gasteiger partial charge in [0.05, 0.1) is 25.2 Å². The summed E-state index contributed by atoms with van der Waals surface area (Å²) in [5, 5.41) is 3.02. The van der Waals surface area contributed by atoms with Crippen LogP contribution in [0.2, 0.25) is 0 Å². The molecule has 0 radical (unpaired) electrons. The normalized spacial score (nSPS) is 18.3. The lowest BCUT2D eigenvalue weighted by Crippen LogP contribution is -2.29. The van der Waals surface area contributed by atoms with Crippen LogP contribution in [0.5, 0.6) is 0 Å². The number of nitrogens with zero attached hydrogens (tertiary/aromatic N) is 1. The number of amides is 1. The molecule has 1 aromatic heterocycles. The summed E-state index contributed by atoms with van der Waals surface area (Å²) < 4.78 is 5.79. The van der Waals surface area contributed by atoms with Crippen molar-refractivity contribution in [2.24, 2.45) is 0 Å². The van der Waals surface area contributed by atoms with Gasteiger partial charge in [-0.3, -0.25) is 9.78 Å². The highest BCUT2D eigenvalue weighted by Crippen LogP contribution is 2.29. The van der Waals surface area contributed by atoms with E-state index < -0.39 is 0 Å². The van der Waals surface area contributed by atoms with Gasteiger partial charge in [-0.15, -0.1) is 0 Å². The van der Waals surface area contributed by atoms with Gasteiger partial charge in [-0.2, -0.15) is 0 Å². The highest BCUT2D eigenvalue weighted by molar-refractivity contribution is 5.77. The zero-order chi connectivity index (χ0) is 15.4. The first-order valence-electron chi connectivity index (χ1n) is 7.62. The van der Waals surface area contributed by atoms with E-state index in [1.807, 2.05) is 31.2 Å². The van der Waals surface area contributed by atoms with Crippen LogP contribution >= 0.6 is 0 Å². The Bertz CT molecular complexity index is 643. The third-order valence-corrected chi connectivity index (χ3v) is 4.03. The van der Waals surface area contributed by atoms with Crippen LogP contribution in [-0.4, -0.2) is 17.5 Å². The fourth-order valence-electron chi connectivity index (χ4n) is 2.83. The zero-order valence-corrected chi connectivity index (χ0v) is 12.7. The average molecular weight is 296 g/mol. The molecule has 114 valence electrons. The van der Waals surface area contributed by atoms with Crippen molar-refractivity contribution in [2.75, 3.05) is 6.61 Å². The molecule has 4 nitrogen and oxygen atoms in total. The number of benzene rings is 1. The molecule has 0 spiro atoms. The van der Waals surface area contributed by atoms with E-state index in [1.165, 1.54) is 5.56 Å². The summed E-state index contributed by atoms with van der Waals surface area (Å²) in [6.45, 7) is 2.64. The molecule has 3 rings (SSSR count). The average Bonchev–Trinajstić information content (AvgIpc) is 2.56. The van der Waals surface area contributed by atoms with Gasteiger partial charge in [0.2, 0.25) is 5.91 Å². The highest BCUT2D eigenvalue weighted by Gasteiger charge is 2.23. The Hall–Kier alpha value is -2.20. The Balaban J connectivity index is 1.63. The van der Waals surface area contributed by atoms with Crippen molar-refractivity contribution in [3.8, 4) is 0 Å². The van der Waals surface area contributed by atoms with E-state index in [-0.39, 0.29) is 18.1 Å². The van der Waals surface area contributed by atoms with E-state index in [4.69, 9.17) is 4.74 Å². The van der Waals surface area contributed by atoms with Crippen molar-refractivity contribution in [2.45, 2.75) is 31.9 Å². The zero-order valence-electron chi connectivity index (χ0n) is 12.7. The number of carbonyl (C=O) groups is 1. The lowest BCUT2D eigenvalue weighted by atomic mass is 9.95. The number of ether oxygens (including phenoxy) is 1. The van der Waals surface area contributed by atoms with Gasteiger partial charge in [-0.25, -0.2) is 0 Å². The van der Waals surface area contributed by atoms with Crippen LogP contribution in [-0.2, 0) is 16.0 Å². The number of hydrogen-bond acceptors (Lipinski definition) is 3. The van der Waals surface area contributed by atoms with Gasteiger partial charge < -0.3 is 10.1 Å². The molecule has 0 aliphatic carbocycles. The van der Waals surface area contributed by atoms with E-state index in [1.54, 1.807) is 12.4 Å². The molecule has 1 aliphatic rings. The standard InChI is InChI=1S/C18H20N2O2/c1-13(15-6-4-9-19-12-15)20-18(21)11-17-16-7-3-2-5-14(16)8-10-22-17/h2-7,9,12-13,17H,8,10-11H2,1H3,(H,20,21)/t13-,17-/m0/s1. The van der Waals surface area contributed by atoms with Gasteiger partial charge >= 0.3 is 0 Å².